The van der Waals surface area contributed by atoms with Gasteiger partial charge in [0, 0.05) is 0 Å². The van der Waals surface area contributed by atoms with Gasteiger partial charge in [-0.25, -0.2) is 0 Å². The van der Waals surface area contributed by atoms with E-state index in [4.69, 9.17) is 9.84 Å². The summed E-state index contributed by atoms with van der Waals surface area (Å²) in [6.07, 6.45) is 7.96. The number of carbonyl (C=O) groups is 2. The third-order valence-corrected chi connectivity index (χ3v) is 5.33. The molecule has 0 saturated carbocycles. The molecule has 0 atom stereocenters. The van der Waals surface area contributed by atoms with Crippen molar-refractivity contribution in [3.8, 4) is 5.75 Å². The Kier molecular flexibility index (Phi) is 9.50. The van der Waals surface area contributed by atoms with Gasteiger partial charge in [-0.2, -0.15) is 0 Å². The molecule has 0 aromatic heterocycles. The van der Waals surface area contributed by atoms with Crippen LogP contribution >= 0.6 is 0 Å². The number of ether oxygens (including phenoxy) is 1. The number of carbonyl (C=O) groups excluding carboxylic acids is 1. The van der Waals surface area contributed by atoms with Crippen molar-refractivity contribution in [1.29, 1.82) is 0 Å². The summed E-state index contributed by atoms with van der Waals surface area (Å²) in [6.45, 7) is 7.84. The number of aromatic hydroxyl groups is 1. The molecule has 1 aromatic carbocycles. The predicted molar refractivity (Wildman–Crippen MR) is 110 cm³/mol. The van der Waals surface area contributed by atoms with Gasteiger partial charge in [0.1, 0.15) is 11.4 Å². The molecule has 0 radical (unpaired) electrons. The molecule has 2 N–H and O–H groups in total. The van der Waals surface area contributed by atoms with Crippen molar-refractivity contribution in [2.24, 2.45) is 5.41 Å². The van der Waals surface area contributed by atoms with Crippen LogP contribution in [0.4, 0.5) is 0 Å². The van der Waals surface area contributed by atoms with Gasteiger partial charge in [-0.1, -0.05) is 25.0 Å². The SMILES string of the molecule is CC(C)(CCCCc1cc(CCCCCC(C)(C)C(=O)O)ccc1O)OC=O. The number of rotatable bonds is 14. The van der Waals surface area contributed by atoms with E-state index in [1.165, 1.54) is 5.56 Å². The van der Waals surface area contributed by atoms with E-state index in [2.05, 4.69) is 6.07 Å². The Morgan fingerprint density at radius 1 is 1.00 bits per heavy atom. The Morgan fingerprint density at radius 2 is 1.64 bits per heavy atom. The van der Waals surface area contributed by atoms with Crippen molar-refractivity contribution in [1.82, 2.24) is 0 Å². The zero-order chi connectivity index (χ0) is 21.2. The van der Waals surface area contributed by atoms with Crippen molar-refractivity contribution >= 4 is 12.4 Å². The van der Waals surface area contributed by atoms with Crippen molar-refractivity contribution in [3.63, 3.8) is 0 Å². The van der Waals surface area contributed by atoms with Crippen LogP contribution in [0.3, 0.4) is 0 Å². The predicted octanol–water partition coefficient (Wildman–Crippen LogP) is 5.27. The van der Waals surface area contributed by atoms with Gasteiger partial charge in [0.25, 0.3) is 6.47 Å². The quantitative estimate of drug-likeness (QED) is 0.333. The summed E-state index contributed by atoms with van der Waals surface area (Å²) >= 11 is 0. The van der Waals surface area contributed by atoms with Crippen LogP contribution in [0.5, 0.6) is 5.75 Å². The number of phenolic OH excluding ortho intramolecular Hbond substituents is 1. The smallest absolute Gasteiger partial charge is 0.309 e. The third-order valence-electron chi connectivity index (χ3n) is 5.33. The monoisotopic (exact) mass is 392 g/mol. The maximum Gasteiger partial charge on any atom is 0.309 e. The minimum atomic E-state index is -0.739. The molecule has 0 aliphatic heterocycles. The second-order valence-electron chi connectivity index (χ2n) is 8.89. The molecule has 28 heavy (non-hydrogen) atoms. The molecule has 0 spiro atoms. The molecule has 0 unspecified atom stereocenters. The topological polar surface area (TPSA) is 83.8 Å². The summed E-state index contributed by atoms with van der Waals surface area (Å²) in [4.78, 5) is 21.6. The number of hydrogen-bond acceptors (Lipinski definition) is 4. The minimum Gasteiger partial charge on any atom is -0.508 e. The number of phenols is 1. The van der Waals surface area contributed by atoms with Gasteiger partial charge in [0.15, 0.2) is 0 Å². The van der Waals surface area contributed by atoms with Crippen LogP contribution in [-0.4, -0.2) is 28.3 Å². The largest absolute Gasteiger partial charge is 0.508 e. The first-order chi connectivity index (χ1) is 13.1. The Hall–Kier alpha value is -2.04. The van der Waals surface area contributed by atoms with E-state index in [-0.39, 0.29) is 0 Å². The Balaban J connectivity index is 2.40. The van der Waals surface area contributed by atoms with Gasteiger partial charge < -0.3 is 14.9 Å². The molecule has 0 bridgehead atoms. The number of benzene rings is 1. The summed E-state index contributed by atoms with van der Waals surface area (Å²) in [5.74, 6) is -0.410. The molecule has 5 heteroatoms. The number of aliphatic carboxylic acids is 1. The van der Waals surface area contributed by atoms with Gasteiger partial charge in [-0.05, 0) is 89.8 Å². The normalized spacial score (nSPS) is 12.0. The second kappa shape index (κ2) is 11.1. The fourth-order valence-corrected chi connectivity index (χ4v) is 3.23. The number of hydrogen-bond donors (Lipinski definition) is 2. The zero-order valence-electron chi connectivity index (χ0n) is 17.8. The zero-order valence-corrected chi connectivity index (χ0v) is 17.8. The molecule has 0 saturated heterocycles. The lowest BCUT2D eigenvalue weighted by Gasteiger charge is -2.22. The van der Waals surface area contributed by atoms with Gasteiger partial charge >= 0.3 is 5.97 Å². The molecular weight excluding hydrogens is 356 g/mol. The van der Waals surface area contributed by atoms with E-state index in [1.807, 2.05) is 19.9 Å². The third kappa shape index (κ3) is 8.77. The van der Waals surface area contributed by atoms with E-state index in [1.54, 1.807) is 19.9 Å². The van der Waals surface area contributed by atoms with E-state index in [0.29, 0.717) is 18.6 Å². The van der Waals surface area contributed by atoms with Crippen LogP contribution in [-0.2, 0) is 27.2 Å². The van der Waals surface area contributed by atoms with Crippen LogP contribution in [0.1, 0.15) is 83.8 Å². The van der Waals surface area contributed by atoms with Crippen molar-refractivity contribution in [2.75, 3.05) is 0 Å². The number of aryl methyl sites for hydroxylation is 2. The summed E-state index contributed by atoms with van der Waals surface area (Å²) < 4.78 is 5.06. The molecule has 0 aliphatic rings. The van der Waals surface area contributed by atoms with E-state index in [9.17, 15) is 14.7 Å². The molecule has 0 aliphatic carbocycles. The second-order valence-corrected chi connectivity index (χ2v) is 8.89. The Labute approximate surface area is 169 Å². The van der Waals surface area contributed by atoms with Crippen molar-refractivity contribution in [2.45, 2.75) is 91.1 Å². The molecule has 1 rings (SSSR count). The highest BCUT2D eigenvalue weighted by Crippen LogP contribution is 2.26. The van der Waals surface area contributed by atoms with Crippen LogP contribution in [0.25, 0.3) is 0 Å². The van der Waals surface area contributed by atoms with Crippen LogP contribution in [0.2, 0.25) is 0 Å². The van der Waals surface area contributed by atoms with Gasteiger partial charge in [-0.3, -0.25) is 9.59 Å². The molecule has 0 amide bonds. The summed E-state index contributed by atoms with van der Waals surface area (Å²) in [5.41, 5.74) is 1.06. The van der Waals surface area contributed by atoms with Crippen molar-refractivity contribution in [3.05, 3.63) is 29.3 Å². The number of carboxylic acid groups (broad SMARTS) is 1. The maximum atomic E-state index is 11.1. The molecule has 1 aromatic rings. The molecule has 0 heterocycles. The lowest BCUT2D eigenvalue weighted by Crippen LogP contribution is -2.23. The highest BCUT2D eigenvalue weighted by Gasteiger charge is 2.25. The summed E-state index contributed by atoms with van der Waals surface area (Å²) in [7, 11) is 0. The average molecular weight is 393 g/mol. The Morgan fingerprint density at radius 3 is 2.29 bits per heavy atom. The van der Waals surface area contributed by atoms with Gasteiger partial charge in [-0.15, -0.1) is 0 Å². The minimum absolute atomic E-state index is 0.329. The first kappa shape index (κ1) is 24.0. The highest BCUT2D eigenvalue weighted by atomic mass is 16.5. The standard InChI is InChI=1S/C23H36O5/c1-22(2,21(26)27)14-8-5-6-10-18-12-13-20(25)19(16-18)11-7-9-15-23(3,4)28-17-24/h12-13,16-17,25H,5-11,14-15H2,1-4H3,(H,26,27). The first-order valence-electron chi connectivity index (χ1n) is 10.2. The molecule has 158 valence electrons. The number of unbranched alkanes of at least 4 members (excludes halogenated alkanes) is 3. The van der Waals surface area contributed by atoms with E-state index in [0.717, 1.165) is 56.9 Å². The lowest BCUT2D eigenvalue weighted by molar-refractivity contribution is -0.147. The van der Waals surface area contributed by atoms with Crippen LogP contribution < -0.4 is 0 Å². The molecular formula is C23H36O5. The summed E-state index contributed by atoms with van der Waals surface area (Å²) in [6, 6.07) is 5.79. The van der Waals surface area contributed by atoms with Gasteiger partial charge in [0.2, 0.25) is 0 Å². The first-order valence-corrected chi connectivity index (χ1v) is 10.2. The molecule has 0 fully saturated rings. The van der Waals surface area contributed by atoms with Crippen LogP contribution in [0.15, 0.2) is 18.2 Å². The van der Waals surface area contributed by atoms with E-state index < -0.39 is 17.0 Å². The Bertz CT molecular complexity index is 634. The lowest BCUT2D eigenvalue weighted by atomic mass is 9.87. The maximum absolute atomic E-state index is 11.1. The van der Waals surface area contributed by atoms with Crippen LogP contribution in [0, 0.1) is 5.41 Å². The van der Waals surface area contributed by atoms with E-state index >= 15 is 0 Å². The fraction of sp³-hybridized carbons (Fsp3) is 0.652. The van der Waals surface area contributed by atoms with Gasteiger partial charge in [0.05, 0.1) is 5.41 Å². The summed E-state index contributed by atoms with van der Waals surface area (Å²) in [5, 5.41) is 19.2. The average Bonchev–Trinajstić information content (AvgIpc) is 2.60. The number of carboxylic acids is 1. The fourth-order valence-electron chi connectivity index (χ4n) is 3.23. The highest BCUT2D eigenvalue weighted by molar-refractivity contribution is 5.73. The molecule has 5 nitrogen and oxygen atoms in total. The van der Waals surface area contributed by atoms with Crippen molar-refractivity contribution < 1.29 is 24.5 Å².